The van der Waals surface area contributed by atoms with Gasteiger partial charge in [-0.15, -0.1) is 0 Å². The van der Waals surface area contributed by atoms with Crippen LogP contribution in [0, 0.1) is 17.2 Å². The topological polar surface area (TPSA) is 56.1 Å². The fourth-order valence-corrected chi connectivity index (χ4v) is 2.66. The van der Waals surface area contributed by atoms with E-state index >= 15 is 0 Å². The number of amides is 1. The summed E-state index contributed by atoms with van der Waals surface area (Å²) >= 11 is 0. The molecule has 1 heterocycles. The molecule has 4 heteroatoms. The van der Waals surface area contributed by atoms with Crippen LogP contribution in [0.5, 0.6) is 0 Å². The fraction of sp³-hybridized carbons (Fsp3) is 0.529. The van der Waals surface area contributed by atoms with Gasteiger partial charge in [0, 0.05) is 11.7 Å². The molecule has 0 bridgehead atoms. The molecule has 2 rings (SSSR count). The number of nitrogens with one attached hydrogen (secondary N) is 1. The van der Waals surface area contributed by atoms with Gasteiger partial charge >= 0.3 is 0 Å². The highest BCUT2D eigenvalue weighted by Gasteiger charge is 2.32. The minimum Gasteiger partial charge on any atom is -0.359 e. The number of carbonyl (C=O) groups excluding carboxylic acids is 1. The van der Waals surface area contributed by atoms with Crippen molar-refractivity contribution in [2.45, 2.75) is 45.7 Å². The van der Waals surface area contributed by atoms with Crippen molar-refractivity contribution in [3.8, 4) is 6.07 Å². The van der Waals surface area contributed by atoms with Crippen LogP contribution >= 0.6 is 0 Å². The molecule has 112 valence electrons. The lowest BCUT2D eigenvalue weighted by Gasteiger charge is -2.30. The molecule has 1 aliphatic heterocycles. The molecule has 0 fully saturated rings. The van der Waals surface area contributed by atoms with Gasteiger partial charge in [-0.2, -0.15) is 5.26 Å². The molecule has 0 unspecified atom stereocenters. The molecule has 21 heavy (non-hydrogen) atoms. The van der Waals surface area contributed by atoms with E-state index in [1.807, 2.05) is 26.0 Å². The summed E-state index contributed by atoms with van der Waals surface area (Å²) in [6.07, 6.45) is 0.961. The van der Waals surface area contributed by atoms with Gasteiger partial charge < -0.3 is 10.2 Å². The van der Waals surface area contributed by atoms with Crippen molar-refractivity contribution < 1.29 is 4.79 Å². The Balaban J connectivity index is 2.09. The minimum absolute atomic E-state index is 0.0646. The van der Waals surface area contributed by atoms with Crippen molar-refractivity contribution in [3.63, 3.8) is 0 Å². The van der Waals surface area contributed by atoms with Gasteiger partial charge in [0.2, 0.25) is 5.91 Å². The zero-order valence-corrected chi connectivity index (χ0v) is 13.2. The second-order valence-electron chi connectivity index (χ2n) is 6.33. The monoisotopic (exact) mass is 285 g/mol. The second kappa shape index (κ2) is 5.77. The first kappa shape index (κ1) is 15.4. The third-order valence-corrected chi connectivity index (χ3v) is 4.45. The number of para-hydroxylation sites is 1. The lowest BCUT2D eigenvalue weighted by molar-refractivity contribution is -0.121. The molecule has 0 aliphatic carbocycles. The molecule has 1 aromatic carbocycles. The smallest absolute Gasteiger partial charge is 0.240 e. The van der Waals surface area contributed by atoms with Crippen LogP contribution in [0.3, 0.4) is 0 Å². The van der Waals surface area contributed by atoms with Crippen molar-refractivity contribution in [1.29, 1.82) is 5.26 Å². The average molecular weight is 285 g/mol. The summed E-state index contributed by atoms with van der Waals surface area (Å²) < 4.78 is 0. The van der Waals surface area contributed by atoms with Gasteiger partial charge in [0.25, 0.3) is 0 Å². The van der Waals surface area contributed by atoms with Gasteiger partial charge in [-0.1, -0.05) is 32.0 Å². The molecule has 1 aromatic rings. The van der Waals surface area contributed by atoms with E-state index in [4.69, 9.17) is 0 Å². The van der Waals surface area contributed by atoms with Crippen molar-refractivity contribution in [2.75, 3.05) is 11.4 Å². The summed E-state index contributed by atoms with van der Waals surface area (Å²) in [5.74, 6) is -0.0361. The van der Waals surface area contributed by atoms with Gasteiger partial charge in [0.1, 0.15) is 5.54 Å². The molecule has 2 atom stereocenters. The van der Waals surface area contributed by atoms with E-state index in [1.54, 1.807) is 6.92 Å². The highest BCUT2D eigenvalue weighted by molar-refractivity contribution is 5.83. The zero-order chi connectivity index (χ0) is 15.6. The van der Waals surface area contributed by atoms with Gasteiger partial charge in [0.15, 0.2) is 0 Å². The molecule has 0 spiro atoms. The number of fused-ring (bicyclic) bond motifs is 1. The number of nitriles is 1. The Morgan fingerprint density at radius 2 is 2.19 bits per heavy atom. The Hall–Kier alpha value is -2.02. The third kappa shape index (κ3) is 3.02. The summed E-state index contributed by atoms with van der Waals surface area (Å²) in [6, 6.07) is 10.7. The number of benzene rings is 1. The summed E-state index contributed by atoms with van der Waals surface area (Å²) in [5, 5.41) is 12.2. The van der Waals surface area contributed by atoms with Gasteiger partial charge in [-0.3, -0.25) is 4.79 Å². The summed E-state index contributed by atoms with van der Waals surface area (Å²) in [5.41, 5.74) is 1.59. The summed E-state index contributed by atoms with van der Waals surface area (Å²) in [6.45, 7) is 8.08. The van der Waals surface area contributed by atoms with Crippen LogP contribution < -0.4 is 10.2 Å². The standard InChI is InChI=1S/C17H23N3O/c1-12(2)17(4,11-18)19-16(21)10-20-13(3)9-14-7-5-6-8-15(14)20/h5-8,12-13H,9-10H2,1-4H3,(H,19,21)/t13-,17-/m0/s1. The number of carbonyl (C=O) groups is 1. The Bertz CT molecular complexity index is 576. The molecular formula is C17H23N3O. The molecule has 0 saturated heterocycles. The molecule has 0 aromatic heterocycles. The van der Waals surface area contributed by atoms with Crippen LogP contribution in [0.1, 0.15) is 33.3 Å². The highest BCUT2D eigenvalue weighted by atomic mass is 16.2. The molecule has 1 amide bonds. The van der Waals surface area contributed by atoms with Crippen LogP contribution in [0.15, 0.2) is 24.3 Å². The number of rotatable bonds is 4. The molecule has 1 N–H and O–H groups in total. The molecule has 1 aliphatic rings. The van der Waals surface area contributed by atoms with Crippen LogP contribution in [0.2, 0.25) is 0 Å². The quantitative estimate of drug-likeness (QED) is 0.924. The predicted molar refractivity (Wildman–Crippen MR) is 84.0 cm³/mol. The van der Waals surface area contributed by atoms with E-state index in [0.29, 0.717) is 12.6 Å². The molecular weight excluding hydrogens is 262 g/mol. The Morgan fingerprint density at radius 1 is 1.52 bits per heavy atom. The largest absolute Gasteiger partial charge is 0.359 e. The van der Waals surface area contributed by atoms with E-state index in [2.05, 4.69) is 35.3 Å². The van der Waals surface area contributed by atoms with Crippen LogP contribution in [-0.4, -0.2) is 24.0 Å². The van der Waals surface area contributed by atoms with Gasteiger partial charge in [0.05, 0.1) is 12.6 Å². The Labute approximate surface area is 126 Å². The summed E-state index contributed by atoms with van der Waals surface area (Å²) in [7, 11) is 0. The van der Waals surface area contributed by atoms with E-state index in [9.17, 15) is 10.1 Å². The normalized spacial score (nSPS) is 19.8. The highest BCUT2D eigenvalue weighted by Crippen LogP contribution is 2.31. The van der Waals surface area contributed by atoms with Gasteiger partial charge in [-0.05, 0) is 37.8 Å². The summed E-state index contributed by atoms with van der Waals surface area (Å²) in [4.78, 5) is 14.4. The maximum absolute atomic E-state index is 12.3. The van der Waals surface area contributed by atoms with E-state index in [1.165, 1.54) is 5.56 Å². The van der Waals surface area contributed by atoms with Crippen molar-refractivity contribution >= 4 is 11.6 Å². The van der Waals surface area contributed by atoms with Crippen molar-refractivity contribution in [1.82, 2.24) is 5.32 Å². The SMILES string of the molecule is CC(C)[C@](C)(C#N)NC(=O)CN1c2ccccc2C[C@@H]1C. The number of hydrogen-bond donors (Lipinski definition) is 1. The third-order valence-electron chi connectivity index (χ3n) is 4.45. The van der Waals surface area contributed by atoms with E-state index in [0.717, 1.165) is 12.1 Å². The fourth-order valence-electron chi connectivity index (χ4n) is 2.66. The lowest BCUT2D eigenvalue weighted by atomic mass is 9.90. The number of hydrogen-bond acceptors (Lipinski definition) is 3. The van der Waals surface area contributed by atoms with Crippen molar-refractivity contribution in [2.24, 2.45) is 5.92 Å². The first-order valence-electron chi connectivity index (χ1n) is 7.44. The first-order valence-corrected chi connectivity index (χ1v) is 7.44. The molecule has 0 saturated carbocycles. The minimum atomic E-state index is -0.820. The number of anilines is 1. The predicted octanol–water partition coefficient (Wildman–Crippen LogP) is 2.49. The average Bonchev–Trinajstić information content (AvgIpc) is 2.75. The van der Waals surface area contributed by atoms with Crippen molar-refractivity contribution in [3.05, 3.63) is 29.8 Å². The molecule has 4 nitrogen and oxygen atoms in total. The lowest BCUT2D eigenvalue weighted by Crippen LogP contribution is -2.52. The Morgan fingerprint density at radius 3 is 2.81 bits per heavy atom. The van der Waals surface area contributed by atoms with E-state index < -0.39 is 5.54 Å². The molecule has 0 radical (unpaired) electrons. The second-order valence-corrected chi connectivity index (χ2v) is 6.33. The van der Waals surface area contributed by atoms with E-state index in [-0.39, 0.29) is 11.8 Å². The van der Waals surface area contributed by atoms with Gasteiger partial charge in [-0.25, -0.2) is 0 Å². The number of nitrogens with zero attached hydrogens (tertiary/aromatic N) is 2. The Kier molecular flexibility index (Phi) is 4.22. The maximum atomic E-state index is 12.3. The van der Waals surface area contributed by atoms with Crippen LogP contribution in [0.25, 0.3) is 0 Å². The zero-order valence-electron chi connectivity index (χ0n) is 13.2. The first-order chi connectivity index (χ1) is 9.87. The maximum Gasteiger partial charge on any atom is 0.240 e. The van der Waals surface area contributed by atoms with Crippen LogP contribution in [-0.2, 0) is 11.2 Å². The van der Waals surface area contributed by atoms with Crippen LogP contribution in [0.4, 0.5) is 5.69 Å².